The summed E-state index contributed by atoms with van der Waals surface area (Å²) >= 11 is 3.29. The molecule has 10 heteroatoms. The van der Waals surface area contributed by atoms with Gasteiger partial charge >= 0.3 is 6.18 Å². The molecular weight excluding hydrogens is 443 g/mol. The number of hydrogen-bond acceptors (Lipinski definition) is 4. The third-order valence-corrected chi connectivity index (χ3v) is 4.00. The van der Waals surface area contributed by atoms with E-state index < -0.39 is 28.9 Å². The van der Waals surface area contributed by atoms with Crippen LogP contribution in [0.1, 0.15) is 15.9 Å². The van der Waals surface area contributed by atoms with Crippen molar-refractivity contribution in [3.8, 4) is 11.6 Å². The van der Waals surface area contributed by atoms with E-state index in [4.69, 9.17) is 4.74 Å². The van der Waals surface area contributed by atoms with Gasteiger partial charge in [-0.2, -0.15) is 13.2 Å². The largest absolute Gasteiger partial charge is 0.438 e. The van der Waals surface area contributed by atoms with E-state index >= 15 is 0 Å². The molecule has 0 radical (unpaired) electrons. The quantitative estimate of drug-likeness (QED) is 0.604. The van der Waals surface area contributed by atoms with Crippen molar-refractivity contribution in [3.05, 3.63) is 80.8 Å². The number of ether oxygens (including phenoxy) is 1. The number of pyridine rings is 2. The number of halogens is 4. The number of aromatic amines is 1. The van der Waals surface area contributed by atoms with Gasteiger partial charge in [0.05, 0.1) is 5.56 Å². The van der Waals surface area contributed by atoms with Crippen LogP contribution in [0.3, 0.4) is 0 Å². The molecule has 0 aliphatic carbocycles. The predicted octanol–water partition coefficient (Wildman–Crippen LogP) is 4.60. The Bertz CT molecular complexity index is 1080. The first kappa shape index (κ1) is 19.6. The van der Waals surface area contributed by atoms with Gasteiger partial charge in [0.25, 0.3) is 11.5 Å². The molecule has 0 fully saturated rings. The van der Waals surface area contributed by atoms with Gasteiger partial charge in [0, 0.05) is 16.9 Å². The fourth-order valence-corrected chi connectivity index (χ4v) is 2.60. The van der Waals surface area contributed by atoms with E-state index in [0.29, 0.717) is 18.0 Å². The van der Waals surface area contributed by atoms with Gasteiger partial charge < -0.3 is 15.0 Å². The number of rotatable bonds is 4. The average molecular weight is 454 g/mol. The maximum atomic E-state index is 12.8. The number of carbonyl (C=O) groups excluding carboxylic acids is 1. The summed E-state index contributed by atoms with van der Waals surface area (Å²) in [6, 6.07) is 10.2. The van der Waals surface area contributed by atoms with Crippen molar-refractivity contribution >= 4 is 27.5 Å². The fraction of sp³-hybridized carbons (Fsp3) is 0.0556. The summed E-state index contributed by atoms with van der Waals surface area (Å²) in [6.07, 6.45) is -2.75. The van der Waals surface area contributed by atoms with E-state index in [9.17, 15) is 22.8 Å². The Labute approximate surface area is 164 Å². The summed E-state index contributed by atoms with van der Waals surface area (Å²) in [6.45, 7) is 0. The molecule has 3 rings (SSSR count). The SMILES string of the molecule is O=C(Nc1cc(C(F)(F)F)c[nH]c1=O)c1cccnc1Oc1cccc(Br)c1. The Hall–Kier alpha value is -3.14. The number of carbonyl (C=O) groups is 1. The minimum atomic E-state index is -4.67. The van der Waals surface area contributed by atoms with Gasteiger partial charge in [-0.3, -0.25) is 9.59 Å². The lowest BCUT2D eigenvalue weighted by Gasteiger charge is -2.11. The topological polar surface area (TPSA) is 84.1 Å². The summed E-state index contributed by atoms with van der Waals surface area (Å²) in [5.41, 5.74) is -2.57. The van der Waals surface area contributed by atoms with Crippen LogP contribution in [0.4, 0.5) is 18.9 Å². The number of hydrogen-bond donors (Lipinski definition) is 2. The number of benzene rings is 1. The molecule has 0 saturated carbocycles. The van der Waals surface area contributed by atoms with Gasteiger partial charge in [-0.1, -0.05) is 22.0 Å². The molecule has 3 aromatic rings. The van der Waals surface area contributed by atoms with Gasteiger partial charge in [0.15, 0.2) is 0 Å². The first-order valence-corrected chi connectivity index (χ1v) is 8.53. The third-order valence-electron chi connectivity index (χ3n) is 3.51. The van der Waals surface area contributed by atoms with Crippen LogP contribution in [0.2, 0.25) is 0 Å². The molecule has 0 aliphatic heterocycles. The smallest absolute Gasteiger partial charge is 0.417 e. The molecule has 0 bridgehead atoms. The number of nitrogens with one attached hydrogen (secondary N) is 2. The summed E-state index contributed by atoms with van der Waals surface area (Å²) in [7, 11) is 0. The molecule has 28 heavy (non-hydrogen) atoms. The van der Waals surface area contributed by atoms with Crippen LogP contribution < -0.4 is 15.6 Å². The molecule has 0 atom stereocenters. The molecule has 0 spiro atoms. The van der Waals surface area contributed by atoms with Gasteiger partial charge in [0.2, 0.25) is 5.88 Å². The lowest BCUT2D eigenvalue weighted by Crippen LogP contribution is -2.22. The highest BCUT2D eigenvalue weighted by Gasteiger charge is 2.31. The highest BCUT2D eigenvalue weighted by Crippen LogP contribution is 2.30. The van der Waals surface area contributed by atoms with Crippen molar-refractivity contribution in [1.82, 2.24) is 9.97 Å². The number of alkyl halides is 3. The fourth-order valence-electron chi connectivity index (χ4n) is 2.22. The number of amides is 1. The van der Waals surface area contributed by atoms with Crippen LogP contribution in [-0.4, -0.2) is 15.9 Å². The van der Waals surface area contributed by atoms with Gasteiger partial charge in [-0.25, -0.2) is 4.98 Å². The zero-order valence-corrected chi connectivity index (χ0v) is 15.5. The summed E-state index contributed by atoms with van der Waals surface area (Å²) < 4.78 is 44.8. The Morgan fingerprint density at radius 2 is 1.96 bits per heavy atom. The number of aromatic nitrogens is 2. The van der Waals surface area contributed by atoms with Crippen LogP contribution >= 0.6 is 15.9 Å². The highest BCUT2D eigenvalue weighted by molar-refractivity contribution is 9.10. The van der Waals surface area contributed by atoms with Crippen molar-refractivity contribution in [2.45, 2.75) is 6.18 Å². The highest BCUT2D eigenvalue weighted by atomic mass is 79.9. The normalized spacial score (nSPS) is 11.1. The molecule has 2 N–H and O–H groups in total. The van der Waals surface area contributed by atoms with Crippen molar-refractivity contribution in [1.29, 1.82) is 0 Å². The van der Waals surface area contributed by atoms with Crippen molar-refractivity contribution in [3.63, 3.8) is 0 Å². The second kappa shape index (κ2) is 7.85. The Morgan fingerprint density at radius 3 is 2.68 bits per heavy atom. The molecule has 2 heterocycles. The standard InChI is InChI=1S/C18H11BrF3N3O3/c19-11-3-1-4-12(8-11)28-17-13(5-2-6-23-17)15(26)25-14-7-10(18(20,21)22)9-24-16(14)27/h1-9H,(H,24,27)(H,25,26). The van der Waals surface area contributed by atoms with E-state index in [2.05, 4.69) is 26.2 Å². The van der Waals surface area contributed by atoms with E-state index in [1.807, 2.05) is 4.98 Å². The van der Waals surface area contributed by atoms with Crippen LogP contribution in [0.25, 0.3) is 0 Å². The van der Waals surface area contributed by atoms with Gasteiger partial charge in [-0.15, -0.1) is 0 Å². The predicted molar refractivity (Wildman–Crippen MR) is 98.5 cm³/mol. The maximum Gasteiger partial charge on any atom is 0.417 e. The molecule has 6 nitrogen and oxygen atoms in total. The minimum absolute atomic E-state index is 0.0562. The zero-order chi connectivity index (χ0) is 20.3. The van der Waals surface area contributed by atoms with Crippen molar-refractivity contribution < 1.29 is 22.7 Å². The van der Waals surface area contributed by atoms with E-state index in [1.165, 1.54) is 18.3 Å². The van der Waals surface area contributed by atoms with Crippen molar-refractivity contribution in [2.24, 2.45) is 0 Å². The van der Waals surface area contributed by atoms with E-state index in [-0.39, 0.29) is 11.4 Å². The second-order valence-corrected chi connectivity index (χ2v) is 6.41. The van der Waals surface area contributed by atoms with Crippen LogP contribution in [0.5, 0.6) is 11.6 Å². The lowest BCUT2D eigenvalue weighted by atomic mass is 10.2. The van der Waals surface area contributed by atoms with Crippen LogP contribution in [0.15, 0.2) is 64.1 Å². The van der Waals surface area contributed by atoms with Gasteiger partial charge in [-0.05, 0) is 36.4 Å². The minimum Gasteiger partial charge on any atom is -0.438 e. The Kier molecular flexibility index (Phi) is 5.50. The molecule has 0 unspecified atom stereocenters. The molecule has 0 aliphatic rings. The zero-order valence-electron chi connectivity index (χ0n) is 13.9. The molecule has 144 valence electrons. The van der Waals surface area contributed by atoms with Crippen molar-refractivity contribution in [2.75, 3.05) is 5.32 Å². The van der Waals surface area contributed by atoms with E-state index in [0.717, 1.165) is 4.47 Å². The Balaban J connectivity index is 1.89. The third kappa shape index (κ3) is 4.58. The first-order chi connectivity index (χ1) is 13.2. The van der Waals surface area contributed by atoms with Crippen LogP contribution in [0, 0.1) is 0 Å². The summed E-state index contributed by atoms with van der Waals surface area (Å²) in [5.74, 6) is -0.525. The van der Waals surface area contributed by atoms with E-state index in [1.54, 1.807) is 24.3 Å². The molecule has 1 amide bonds. The Morgan fingerprint density at radius 1 is 1.18 bits per heavy atom. The second-order valence-electron chi connectivity index (χ2n) is 5.50. The molecule has 2 aromatic heterocycles. The molecule has 0 saturated heterocycles. The number of nitrogens with zero attached hydrogens (tertiary/aromatic N) is 1. The van der Waals surface area contributed by atoms with Crippen LogP contribution in [-0.2, 0) is 6.18 Å². The summed E-state index contributed by atoms with van der Waals surface area (Å²) in [5, 5.41) is 2.16. The monoisotopic (exact) mass is 453 g/mol. The van der Waals surface area contributed by atoms with Gasteiger partial charge in [0.1, 0.15) is 17.0 Å². The molecule has 1 aromatic carbocycles. The average Bonchev–Trinajstić information content (AvgIpc) is 2.63. The first-order valence-electron chi connectivity index (χ1n) is 7.74. The summed E-state index contributed by atoms with van der Waals surface area (Å²) in [4.78, 5) is 30.3. The molecular formula is C18H11BrF3N3O3. The lowest BCUT2D eigenvalue weighted by molar-refractivity contribution is -0.137. The number of anilines is 1. The number of H-pyrrole nitrogens is 1. The maximum absolute atomic E-state index is 12.8.